The maximum atomic E-state index is 14.8. The molecule has 0 bridgehead atoms. The molecule has 2 unspecified atom stereocenters. The topological polar surface area (TPSA) is 54.0 Å². The van der Waals surface area contributed by atoms with E-state index in [1.807, 2.05) is 55.5 Å². The van der Waals surface area contributed by atoms with Crippen LogP contribution in [0.4, 0.5) is 5.69 Å². The number of quaternary nitrogens is 1. The molecule has 172 valence electrons. The van der Waals surface area contributed by atoms with Gasteiger partial charge < -0.3 is 18.9 Å². The van der Waals surface area contributed by atoms with Crippen molar-refractivity contribution >= 4 is 11.6 Å². The van der Waals surface area contributed by atoms with E-state index in [4.69, 9.17) is 25.9 Å². The molecule has 0 N–H and O–H groups in total. The summed E-state index contributed by atoms with van der Waals surface area (Å²) in [7, 11) is 0. The van der Waals surface area contributed by atoms with Gasteiger partial charge in [-0.25, -0.2) is 9.28 Å². The van der Waals surface area contributed by atoms with Crippen LogP contribution in [-0.4, -0.2) is 39.1 Å². The Kier molecular flexibility index (Phi) is 4.90. The van der Waals surface area contributed by atoms with Gasteiger partial charge in [-0.1, -0.05) is 36.4 Å². The highest BCUT2D eigenvalue weighted by Gasteiger charge is 2.66. The average Bonchev–Trinajstić information content (AvgIpc) is 3.50. The Morgan fingerprint density at radius 2 is 1.79 bits per heavy atom. The zero-order chi connectivity index (χ0) is 23.3. The predicted molar refractivity (Wildman–Crippen MR) is 127 cm³/mol. The Labute approximate surface area is 199 Å². The van der Waals surface area contributed by atoms with E-state index in [2.05, 4.69) is 12.1 Å². The molecule has 34 heavy (non-hydrogen) atoms. The van der Waals surface area contributed by atoms with Crippen LogP contribution in [0, 0.1) is 6.92 Å². The second-order valence-electron chi connectivity index (χ2n) is 9.01. The van der Waals surface area contributed by atoms with Gasteiger partial charge in [-0.15, -0.1) is 0 Å². The number of benzene rings is 3. The first kappa shape index (κ1) is 21.2. The van der Waals surface area contributed by atoms with Gasteiger partial charge in [0.2, 0.25) is 6.79 Å². The van der Waals surface area contributed by atoms with Crippen LogP contribution in [0.25, 0.3) is 0 Å². The molecular weight excluding hydrogens is 430 g/mol. The first-order valence-electron chi connectivity index (χ1n) is 11.6. The summed E-state index contributed by atoms with van der Waals surface area (Å²) in [5.74, 6) is 2.03. The maximum absolute atomic E-state index is 14.8. The Balaban J connectivity index is 1.54. The van der Waals surface area contributed by atoms with Crippen LogP contribution in [0.1, 0.15) is 29.2 Å². The Morgan fingerprint density at radius 3 is 2.62 bits per heavy atom. The van der Waals surface area contributed by atoms with Crippen molar-refractivity contribution in [2.24, 2.45) is 0 Å². The van der Waals surface area contributed by atoms with E-state index in [0.29, 0.717) is 49.1 Å². The van der Waals surface area contributed by atoms with Gasteiger partial charge in [-0.2, -0.15) is 0 Å². The summed E-state index contributed by atoms with van der Waals surface area (Å²) in [6.45, 7) is 10.5. The lowest BCUT2D eigenvalue weighted by molar-refractivity contribution is -0.134. The summed E-state index contributed by atoms with van der Waals surface area (Å²) in [6, 6.07) is 19.6. The molecule has 6 nitrogen and oxygen atoms in total. The number of para-hydroxylation sites is 1. The number of hydrogen-bond acceptors (Lipinski definition) is 5. The van der Waals surface area contributed by atoms with E-state index in [0.717, 1.165) is 22.4 Å². The Bertz CT molecular complexity index is 1290. The van der Waals surface area contributed by atoms with Gasteiger partial charge in [-0.3, -0.25) is 0 Å². The largest absolute Gasteiger partial charge is 0.491 e. The molecule has 3 aromatic carbocycles. The number of carbonyl (C=O) groups excluding carboxylic acids is 1. The van der Waals surface area contributed by atoms with Crippen molar-refractivity contribution < 1.29 is 23.7 Å². The van der Waals surface area contributed by atoms with Gasteiger partial charge in [0.05, 0.1) is 6.61 Å². The summed E-state index contributed by atoms with van der Waals surface area (Å²) in [4.78, 5) is 14.8. The molecular formula is C28H26NO5+. The van der Waals surface area contributed by atoms with Crippen molar-refractivity contribution in [2.45, 2.75) is 18.9 Å². The summed E-state index contributed by atoms with van der Waals surface area (Å²) < 4.78 is 23.3. The van der Waals surface area contributed by atoms with E-state index in [9.17, 15) is 4.79 Å². The van der Waals surface area contributed by atoms with Gasteiger partial charge in [0.25, 0.3) is 0 Å². The third-order valence-electron chi connectivity index (χ3n) is 7.18. The Morgan fingerprint density at radius 1 is 0.971 bits per heavy atom. The summed E-state index contributed by atoms with van der Waals surface area (Å²) >= 11 is 0. The van der Waals surface area contributed by atoms with E-state index in [-0.39, 0.29) is 23.8 Å². The fraction of sp³-hybridized carbons (Fsp3) is 0.286. The summed E-state index contributed by atoms with van der Waals surface area (Å²) in [5, 5.41) is 0. The predicted octanol–water partition coefficient (Wildman–Crippen LogP) is 4.24. The third kappa shape index (κ3) is 2.92. The lowest BCUT2D eigenvalue weighted by Gasteiger charge is -2.33. The molecule has 6 heteroatoms. The average molecular weight is 457 g/mol. The van der Waals surface area contributed by atoms with Crippen molar-refractivity contribution in [3.8, 4) is 17.2 Å². The molecule has 3 aliphatic rings. The fourth-order valence-corrected chi connectivity index (χ4v) is 5.66. The standard InChI is InChI=1S/C28H26NO5/c1-3-31-12-11-29(16-20-8-6-7-19(2)13-20)23-10-5-4-9-21(23)28(27(29)30)17-32-24-15-26-25(14-22(24)28)33-18-34-26/h2,4-10,13-15H,3,11-12,16-18H2,1H3/q+1. The van der Waals surface area contributed by atoms with Crippen LogP contribution in [-0.2, 0) is 21.5 Å². The number of hydrogen-bond donors (Lipinski definition) is 0. The Hall–Kier alpha value is -3.35. The smallest absolute Gasteiger partial charge is 0.338 e. The molecule has 1 spiro atoms. The van der Waals surface area contributed by atoms with Crippen molar-refractivity contribution in [3.05, 3.63) is 89.8 Å². The lowest BCUT2D eigenvalue weighted by atomic mass is 9.77. The van der Waals surface area contributed by atoms with Crippen LogP contribution < -0.4 is 18.7 Å². The van der Waals surface area contributed by atoms with E-state index in [1.165, 1.54) is 0 Å². The number of fused-ring (bicyclic) bond motifs is 5. The van der Waals surface area contributed by atoms with Crippen LogP contribution >= 0.6 is 0 Å². The molecule has 6 rings (SSSR count). The third-order valence-corrected chi connectivity index (χ3v) is 7.18. The second-order valence-corrected chi connectivity index (χ2v) is 9.01. The molecule has 3 aliphatic heterocycles. The molecule has 3 heterocycles. The fourth-order valence-electron chi connectivity index (χ4n) is 5.66. The number of ether oxygens (including phenoxy) is 4. The highest BCUT2D eigenvalue weighted by Crippen LogP contribution is 2.57. The van der Waals surface area contributed by atoms with Crippen LogP contribution in [0.3, 0.4) is 0 Å². The number of nitrogens with zero attached hydrogens (tertiary/aromatic N) is 1. The lowest BCUT2D eigenvalue weighted by Crippen LogP contribution is -2.58. The van der Waals surface area contributed by atoms with Gasteiger partial charge in [0.1, 0.15) is 31.1 Å². The zero-order valence-corrected chi connectivity index (χ0v) is 19.1. The minimum Gasteiger partial charge on any atom is -0.491 e. The molecule has 1 amide bonds. The number of rotatable bonds is 6. The number of carbonyl (C=O) groups is 1. The molecule has 0 aliphatic carbocycles. The molecule has 0 saturated carbocycles. The quantitative estimate of drug-likeness (QED) is 0.410. The highest BCUT2D eigenvalue weighted by molar-refractivity contribution is 6.08. The van der Waals surface area contributed by atoms with E-state index in [1.54, 1.807) is 0 Å². The van der Waals surface area contributed by atoms with Crippen LogP contribution in [0.5, 0.6) is 17.2 Å². The molecule has 2 atom stereocenters. The number of amides is 1. The normalized spacial score (nSPS) is 23.8. The molecule has 0 aromatic heterocycles. The zero-order valence-electron chi connectivity index (χ0n) is 19.1. The van der Waals surface area contributed by atoms with Gasteiger partial charge in [-0.05, 0) is 37.6 Å². The van der Waals surface area contributed by atoms with Gasteiger partial charge >= 0.3 is 5.91 Å². The SMILES string of the molecule is [CH]c1cccc(C[N+]2(CCOCC)C(=O)C3(COc4cc5c(cc43)OCO5)c3ccccc32)c1. The van der Waals surface area contributed by atoms with Crippen LogP contribution in [0.15, 0.2) is 60.7 Å². The minimum absolute atomic E-state index is 0.0773. The minimum atomic E-state index is -0.931. The molecule has 0 fully saturated rings. The molecule has 0 saturated heterocycles. The second kappa shape index (κ2) is 7.86. The van der Waals surface area contributed by atoms with Gasteiger partial charge in [0, 0.05) is 29.4 Å². The first-order valence-corrected chi connectivity index (χ1v) is 11.6. The van der Waals surface area contributed by atoms with E-state index >= 15 is 0 Å². The van der Waals surface area contributed by atoms with Crippen molar-refractivity contribution in [3.63, 3.8) is 0 Å². The first-order chi connectivity index (χ1) is 16.6. The van der Waals surface area contributed by atoms with Crippen molar-refractivity contribution in [1.82, 2.24) is 4.48 Å². The highest BCUT2D eigenvalue weighted by atomic mass is 16.7. The molecule has 2 radical (unpaired) electrons. The summed E-state index contributed by atoms with van der Waals surface area (Å²) in [5.41, 5.74) is 3.53. The van der Waals surface area contributed by atoms with Crippen molar-refractivity contribution in [2.75, 3.05) is 33.2 Å². The van der Waals surface area contributed by atoms with E-state index < -0.39 is 5.41 Å². The van der Waals surface area contributed by atoms with Crippen molar-refractivity contribution in [1.29, 1.82) is 0 Å². The maximum Gasteiger partial charge on any atom is 0.338 e. The van der Waals surface area contributed by atoms with Gasteiger partial charge in [0.15, 0.2) is 16.9 Å². The summed E-state index contributed by atoms with van der Waals surface area (Å²) in [6.07, 6.45) is 0. The van der Waals surface area contributed by atoms with Crippen LogP contribution in [0.2, 0.25) is 0 Å². The monoisotopic (exact) mass is 456 g/mol. The molecule has 3 aromatic rings.